The van der Waals surface area contributed by atoms with Crippen LogP contribution in [0.25, 0.3) is 0 Å². The van der Waals surface area contributed by atoms with Gasteiger partial charge < -0.3 is 10.2 Å². The molecule has 2 heterocycles. The summed E-state index contributed by atoms with van der Waals surface area (Å²) in [5.74, 6) is 0.0999. The van der Waals surface area contributed by atoms with E-state index in [1.54, 1.807) is 0 Å². The fourth-order valence-electron chi connectivity index (χ4n) is 4.99. The number of rotatable bonds is 7. The molecule has 1 N–H and O–H groups in total. The standard InChI is InChI=1S/C27H35N3O2/c31-26(22-11-3-1-4-12-22)28-17-16-24-14-7-10-20-30(24)27(32)25-15-6-5-13-23(25)21-29-18-8-2-9-19-29/h1,3-6,11-13,15,24H,2,7-10,14,16-21H2,(H,28,31). The number of hydrogen-bond donors (Lipinski definition) is 1. The van der Waals surface area contributed by atoms with Gasteiger partial charge >= 0.3 is 0 Å². The van der Waals surface area contributed by atoms with E-state index >= 15 is 0 Å². The maximum atomic E-state index is 13.6. The number of nitrogens with one attached hydrogen (secondary N) is 1. The molecule has 2 saturated heterocycles. The summed E-state index contributed by atoms with van der Waals surface area (Å²) in [6.45, 7) is 4.48. The lowest BCUT2D eigenvalue weighted by atomic mass is 9.96. The number of piperidine rings is 2. The molecule has 1 unspecified atom stereocenters. The molecular weight excluding hydrogens is 398 g/mol. The number of carbonyl (C=O) groups excluding carboxylic acids is 2. The average Bonchev–Trinajstić information content (AvgIpc) is 2.85. The van der Waals surface area contributed by atoms with Gasteiger partial charge in [-0.2, -0.15) is 0 Å². The highest BCUT2D eigenvalue weighted by molar-refractivity contribution is 5.96. The summed E-state index contributed by atoms with van der Waals surface area (Å²) in [4.78, 5) is 30.5. The van der Waals surface area contributed by atoms with Gasteiger partial charge in [-0.05, 0) is 75.4 Å². The van der Waals surface area contributed by atoms with Crippen LogP contribution in [0.2, 0.25) is 0 Å². The lowest BCUT2D eigenvalue weighted by Crippen LogP contribution is -2.45. The highest BCUT2D eigenvalue weighted by atomic mass is 16.2. The Morgan fingerprint density at radius 1 is 0.844 bits per heavy atom. The quantitative estimate of drug-likeness (QED) is 0.700. The molecule has 0 bridgehead atoms. The number of likely N-dealkylation sites (tertiary alicyclic amines) is 2. The fourth-order valence-corrected chi connectivity index (χ4v) is 4.99. The van der Waals surface area contributed by atoms with Crippen molar-refractivity contribution < 1.29 is 9.59 Å². The topological polar surface area (TPSA) is 52.7 Å². The van der Waals surface area contributed by atoms with E-state index in [1.807, 2.05) is 48.5 Å². The molecule has 2 amide bonds. The van der Waals surface area contributed by atoms with Crippen LogP contribution in [0.15, 0.2) is 54.6 Å². The Labute approximate surface area is 191 Å². The van der Waals surface area contributed by atoms with E-state index in [9.17, 15) is 9.59 Å². The second-order valence-electron chi connectivity index (χ2n) is 9.05. The molecule has 0 saturated carbocycles. The lowest BCUT2D eigenvalue weighted by molar-refractivity contribution is 0.0599. The van der Waals surface area contributed by atoms with Crippen LogP contribution in [-0.2, 0) is 6.54 Å². The number of hydrogen-bond acceptors (Lipinski definition) is 3. The molecule has 2 aliphatic rings. The molecule has 2 aliphatic heterocycles. The van der Waals surface area contributed by atoms with Crippen molar-refractivity contribution in [3.8, 4) is 0 Å². The smallest absolute Gasteiger partial charge is 0.254 e. The minimum absolute atomic E-state index is 0.0498. The molecule has 2 fully saturated rings. The summed E-state index contributed by atoms with van der Waals surface area (Å²) in [5.41, 5.74) is 2.66. The summed E-state index contributed by atoms with van der Waals surface area (Å²) in [6, 6.07) is 17.6. The van der Waals surface area contributed by atoms with Crippen molar-refractivity contribution in [1.29, 1.82) is 0 Å². The van der Waals surface area contributed by atoms with Crippen molar-refractivity contribution in [2.45, 2.75) is 57.5 Å². The van der Waals surface area contributed by atoms with Gasteiger partial charge in [0.1, 0.15) is 0 Å². The third-order valence-electron chi connectivity index (χ3n) is 6.78. The predicted molar refractivity (Wildman–Crippen MR) is 128 cm³/mol. The maximum Gasteiger partial charge on any atom is 0.254 e. The van der Waals surface area contributed by atoms with Crippen LogP contribution in [0.1, 0.15) is 71.2 Å². The Hall–Kier alpha value is -2.66. The fraction of sp³-hybridized carbons (Fsp3) is 0.481. The van der Waals surface area contributed by atoms with E-state index in [2.05, 4.69) is 21.2 Å². The summed E-state index contributed by atoms with van der Waals surface area (Å²) >= 11 is 0. The van der Waals surface area contributed by atoms with Gasteiger partial charge in [-0.1, -0.05) is 42.8 Å². The Morgan fingerprint density at radius 2 is 1.56 bits per heavy atom. The molecule has 5 heteroatoms. The molecule has 2 aromatic carbocycles. The van der Waals surface area contributed by atoms with Gasteiger partial charge in [0, 0.05) is 36.8 Å². The molecule has 0 aromatic heterocycles. The zero-order chi connectivity index (χ0) is 22.2. The van der Waals surface area contributed by atoms with E-state index < -0.39 is 0 Å². The summed E-state index contributed by atoms with van der Waals surface area (Å²) in [5, 5.41) is 3.03. The summed E-state index contributed by atoms with van der Waals surface area (Å²) in [6.07, 6.45) is 7.79. The first-order valence-electron chi connectivity index (χ1n) is 12.2. The first kappa shape index (κ1) is 22.5. The molecule has 32 heavy (non-hydrogen) atoms. The van der Waals surface area contributed by atoms with Gasteiger partial charge in [0.15, 0.2) is 0 Å². The van der Waals surface area contributed by atoms with Crippen molar-refractivity contribution in [2.24, 2.45) is 0 Å². The number of benzene rings is 2. The van der Waals surface area contributed by atoms with Crippen molar-refractivity contribution >= 4 is 11.8 Å². The predicted octanol–water partition coefficient (Wildman–Crippen LogP) is 4.49. The lowest BCUT2D eigenvalue weighted by Gasteiger charge is -2.36. The van der Waals surface area contributed by atoms with E-state index in [0.29, 0.717) is 12.1 Å². The Morgan fingerprint density at radius 3 is 2.38 bits per heavy atom. The highest BCUT2D eigenvalue weighted by Gasteiger charge is 2.28. The van der Waals surface area contributed by atoms with Crippen LogP contribution < -0.4 is 5.32 Å². The molecule has 5 nitrogen and oxygen atoms in total. The second kappa shape index (κ2) is 11.3. The molecule has 4 rings (SSSR count). The monoisotopic (exact) mass is 433 g/mol. The van der Waals surface area contributed by atoms with Crippen LogP contribution in [0.4, 0.5) is 0 Å². The SMILES string of the molecule is O=C(NCCC1CCCCN1C(=O)c1ccccc1CN1CCCCC1)c1ccccc1. The number of amides is 2. The largest absolute Gasteiger partial charge is 0.352 e. The van der Waals surface area contributed by atoms with Crippen LogP contribution in [0, 0.1) is 0 Å². The summed E-state index contributed by atoms with van der Waals surface area (Å²) in [7, 11) is 0. The minimum atomic E-state index is -0.0498. The van der Waals surface area contributed by atoms with E-state index in [1.165, 1.54) is 19.3 Å². The third kappa shape index (κ3) is 5.77. The van der Waals surface area contributed by atoms with Gasteiger partial charge in [0.25, 0.3) is 11.8 Å². The first-order chi connectivity index (χ1) is 15.7. The maximum absolute atomic E-state index is 13.6. The number of carbonyl (C=O) groups is 2. The molecule has 2 aromatic rings. The van der Waals surface area contributed by atoms with Crippen LogP contribution in [0.3, 0.4) is 0 Å². The molecule has 0 spiro atoms. The number of nitrogens with zero attached hydrogens (tertiary/aromatic N) is 2. The van der Waals surface area contributed by atoms with Crippen LogP contribution in [0.5, 0.6) is 0 Å². The molecular formula is C27H35N3O2. The Kier molecular flexibility index (Phi) is 7.94. The third-order valence-corrected chi connectivity index (χ3v) is 6.78. The van der Waals surface area contributed by atoms with Crippen LogP contribution >= 0.6 is 0 Å². The first-order valence-corrected chi connectivity index (χ1v) is 12.2. The Balaban J connectivity index is 1.39. The van der Waals surface area contributed by atoms with E-state index in [-0.39, 0.29) is 17.9 Å². The van der Waals surface area contributed by atoms with Gasteiger partial charge in [0.2, 0.25) is 0 Å². The van der Waals surface area contributed by atoms with Crippen LogP contribution in [-0.4, -0.2) is 53.8 Å². The van der Waals surface area contributed by atoms with Gasteiger partial charge in [0.05, 0.1) is 0 Å². The van der Waals surface area contributed by atoms with Gasteiger partial charge in [-0.3, -0.25) is 14.5 Å². The zero-order valence-electron chi connectivity index (χ0n) is 19.0. The van der Waals surface area contributed by atoms with Crippen molar-refractivity contribution in [3.63, 3.8) is 0 Å². The molecule has 1 atom stereocenters. The molecule has 0 aliphatic carbocycles. The highest BCUT2D eigenvalue weighted by Crippen LogP contribution is 2.24. The molecule has 0 radical (unpaired) electrons. The molecule has 170 valence electrons. The van der Waals surface area contributed by atoms with E-state index in [4.69, 9.17) is 0 Å². The van der Waals surface area contributed by atoms with E-state index in [0.717, 1.165) is 63.0 Å². The minimum Gasteiger partial charge on any atom is -0.352 e. The van der Waals surface area contributed by atoms with Crippen molar-refractivity contribution in [2.75, 3.05) is 26.2 Å². The second-order valence-corrected chi connectivity index (χ2v) is 9.05. The van der Waals surface area contributed by atoms with Crippen molar-refractivity contribution in [1.82, 2.24) is 15.1 Å². The Bertz CT molecular complexity index is 893. The summed E-state index contributed by atoms with van der Waals surface area (Å²) < 4.78 is 0. The average molecular weight is 434 g/mol. The van der Waals surface area contributed by atoms with Gasteiger partial charge in [-0.15, -0.1) is 0 Å². The van der Waals surface area contributed by atoms with Gasteiger partial charge in [-0.25, -0.2) is 0 Å². The zero-order valence-corrected chi connectivity index (χ0v) is 19.0. The normalized spacial score (nSPS) is 19.5. The van der Waals surface area contributed by atoms with Crippen molar-refractivity contribution in [3.05, 3.63) is 71.3 Å².